The van der Waals surface area contributed by atoms with Crippen LogP contribution in [-0.2, 0) is 16.6 Å². The lowest BCUT2D eigenvalue weighted by molar-refractivity contribution is 0.0950. The highest BCUT2D eigenvalue weighted by Gasteiger charge is 2.24. The summed E-state index contributed by atoms with van der Waals surface area (Å²) in [5.41, 5.74) is 1.13. The van der Waals surface area contributed by atoms with Crippen molar-refractivity contribution in [1.82, 2.24) is 19.8 Å². The van der Waals surface area contributed by atoms with Gasteiger partial charge in [0, 0.05) is 18.3 Å². The van der Waals surface area contributed by atoms with Crippen molar-refractivity contribution < 1.29 is 13.2 Å². The third kappa shape index (κ3) is 5.30. The SMILES string of the molecule is CC(C)(C)NS(=O)(=O)c1ccccc1CNC(=O)c1cnn(-c2ccccc2)c1. The number of benzene rings is 2. The molecule has 1 amide bonds. The van der Waals surface area contributed by atoms with Crippen LogP contribution in [0, 0.1) is 0 Å². The van der Waals surface area contributed by atoms with Gasteiger partial charge in [-0.05, 0) is 44.5 Å². The standard InChI is InChI=1S/C21H24N4O3S/c1-21(2,3)24-29(27,28)19-12-8-7-9-16(19)13-22-20(26)17-14-23-25(15-17)18-10-5-4-6-11-18/h4-12,14-15,24H,13H2,1-3H3,(H,22,26). The zero-order valence-electron chi connectivity index (χ0n) is 16.6. The lowest BCUT2D eigenvalue weighted by Crippen LogP contribution is -2.41. The number of para-hydroxylation sites is 1. The van der Waals surface area contributed by atoms with Gasteiger partial charge in [-0.3, -0.25) is 4.79 Å². The summed E-state index contributed by atoms with van der Waals surface area (Å²) in [5, 5.41) is 6.98. The maximum atomic E-state index is 12.7. The highest BCUT2D eigenvalue weighted by molar-refractivity contribution is 7.89. The molecular formula is C21H24N4O3S. The molecule has 3 rings (SSSR count). The Hall–Kier alpha value is -2.97. The molecule has 0 fully saturated rings. The normalized spacial score (nSPS) is 12.0. The van der Waals surface area contributed by atoms with Crippen LogP contribution >= 0.6 is 0 Å². The van der Waals surface area contributed by atoms with Crippen LogP contribution in [0.3, 0.4) is 0 Å². The van der Waals surface area contributed by atoms with E-state index < -0.39 is 15.6 Å². The van der Waals surface area contributed by atoms with E-state index in [1.54, 1.807) is 49.8 Å². The molecule has 0 bridgehead atoms. The molecule has 1 aromatic heterocycles. The molecule has 0 aliphatic carbocycles. The molecule has 0 aliphatic heterocycles. The largest absolute Gasteiger partial charge is 0.348 e. The molecule has 152 valence electrons. The third-order valence-corrected chi connectivity index (χ3v) is 5.87. The Bertz CT molecular complexity index is 1100. The van der Waals surface area contributed by atoms with Gasteiger partial charge < -0.3 is 5.32 Å². The molecule has 3 aromatic rings. The molecule has 0 saturated heterocycles. The number of amides is 1. The maximum Gasteiger partial charge on any atom is 0.254 e. The number of carbonyl (C=O) groups is 1. The van der Waals surface area contributed by atoms with Crippen molar-refractivity contribution >= 4 is 15.9 Å². The van der Waals surface area contributed by atoms with Gasteiger partial charge in [0.05, 0.1) is 22.3 Å². The Morgan fingerprint density at radius 1 is 1.03 bits per heavy atom. The molecule has 0 atom stereocenters. The molecular weight excluding hydrogens is 388 g/mol. The van der Waals surface area contributed by atoms with Crippen molar-refractivity contribution in [3.05, 3.63) is 78.1 Å². The zero-order valence-corrected chi connectivity index (χ0v) is 17.4. The minimum Gasteiger partial charge on any atom is -0.348 e. The van der Waals surface area contributed by atoms with E-state index in [4.69, 9.17) is 0 Å². The topological polar surface area (TPSA) is 93.1 Å². The van der Waals surface area contributed by atoms with Crippen LogP contribution in [0.4, 0.5) is 0 Å². The van der Waals surface area contributed by atoms with Gasteiger partial charge in [-0.15, -0.1) is 0 Å². The Kier molecular flexibility index (Phi) is 5.86. The van der Waals surface area contributed by atoms with E-state index >= 15 is 0 Å². The molecule has 0 unspecified atom stereocenters. The summed E-state index contributed by atoms with van der Waals surface area (Å²) >= 11 is 0. The number of carbonyl (C=O) groups excluding carboxylic acids is 1. The number of rotatable bonds is 6. The number of nitrogens with one attached hydrogen (secondary N) is 2. The lowest BCUT2D eigenvalue weighted by Gasteiger charge is -2.21. The predicted octanol–water partition coefficient (Wildman–Crippen LogP) is 2.88. The van der Waals surface area contributed by atoms with Gasteiger partial charge in [0.25, 0.3) is 5.91 Å². The molecule has 1 heterocycles. The second-order valence-corrected chi connectivity index (χ2v) is 9.31. The van der Waals surface area contributed by atoms with Crippen LogP contribution in [0.5, 0.6) is 0 Å². The van der Waals surface area contributed by atoms with Gasteiger partial charge in [0.15, 0.2) is 0 Å². The monoisotopic (exact) mass is 412 g/mol. The lowest BCUT2D eigenvalue weighted by atomic mass is 10.1. The van der Waals surface area contributed by atoms with Crippen molar-refractivity contribution in [3.63, 3.8) is 0 Å². The number of nitrogens with zero attached hydrogens (tertiary/aromatic N) is 2. The molecule has 29 heavy (non-hydrogen) atoms. The second-order valence-electron chi connectivity index (χ2n) is 7.66. The molecule has 2 N–H and O–H groups in total. The fraction of sp³-hybridized carbons (Fsp3) is 0.238. The van der Waals surface area contributed by atoms with Crippen LogP contribution in [0.1, 0.15) is 36.7 Å². The summed E-state index contributed by atoms with van der Waals surface area (Å²) < 4.78 is 29.7. The maximum absolute atomic E-state index is 12.7. The van der Waals surface area contributed by atoms with Crippen LogP contribution in [0.25, 0.3) is 5.69 Å². The van der Waals surface area contributed by atoms with Gasteiger partial charge in [0.2, 0.25) is 10.0 Å². The Morgan fingerprint density at radius 3 is 2.38 bits per heavy atom. The summed E-state index contributed by atoms with van der Waals surface area (Å²) in [6.07, 6.45) is 3.11. The molecule has 0 aliphatic rings. The molecule has 7 nitrogen and oxygen atoms in total. The summed E-state index contributed by atoms with van der Waals surface area (Å²) in [6.45, 7) is 5.41. The first-order valence-electron chi connectivity index (χ1n) is 9.16. The quantitative estimate of drug-likeness (QED) is 0.651. The number of aromatic nitrogens is 2. The number of hydrogen-bond acceptors (Lipinski definition) is 4. The minimum absolute atomic E-state index is 0.0799. The Morgan fingerprint density at radius 2 is 1.69 bits per heavy atom. The first kappa shape index (κ1) is 20.8. The second kappa shape index (κ2) is 8.18. The fourth-order valence-electron chi connectivity index (χ4n) is 2.81. The molecule has 2 aromatic carbocycles. The van der Waals surface area contributed by atoms with E-state index in [0.717, 1.165) is 5.69 Å². The van der Waals surface area contributed by atoms with Gasteiger partial charge in [-0.2, -0.15) is 5.10 Å². The van der Waals surface area contributed by atoms with Crippen molar-refractivity contribution in [2.45, 2.75) is 37.8 Å². The summed E-state index contributed by atoms with van der Waals surface area (Å²) in [7, 11) is -3.71. The van der Waals surface area contributed by atoms with Gasteiger partial charge in [0.1, 0.15) is 0 Å². The van der Waals surface area contributed by atoms with Gasteiger partial charge >= 0.3 is 0 Å². The first-order chi connectivity index (χ1) is 13.7. The average molecular weight is 413 g/mol. The zero-order chi connectivity index (χ0) is 21.1. The molecule has 0 radical (unpaired) electrons. The summed E-state index contributed by atoms with van der Waals surface area (Å²) in [5.74, 6) is -0.330. The van der Waals surface area contributed by atoms with Gasteiger partial charge in [-0.1, -0.05) is 36.4 Å². The van der Waals surface area contributed by atoms with Crippen LogP contribution < -0.4 is 10.0 Å². The van der Waals surface area contributed by atoms with E-state index in [2.05, 4.69) is 15.1 Å². The van der Waals surface area contributed by atoms with E-state index in [1.165, 1.54) is 12.3 Å². The molecule has 0 spiro atoms. The van der Waals surface area contributed by atoms with Crippen molar-refractivity contribution in [3.8, 4) is 5.69 Å². The van der Waals surface area contributed by atoms with Gasteiger partial charge in [-0.25, -0.2) is 17.8 Å². The van der Waals surface area contributed by atoms with E-state index in [-0.39, 0.29) is 17.3 Å². The van der Waals surface area contributed by atoms with Crippen molar-refractivity contribution in [2.75, 3.05) is 0 Å². The average Bonchev–Trinajstić information content (AvgIpc) is 3.15. The van der Waals surface area contributed by atoms with Crippen LogP contribution in [0.2, 0.25) is 0 Å². The minimum atomic E-state index is -3.71. The van der Waals surface area contributed by atoms with E-state index in [0.29, 0.717) is 11.1 Å². The van der Waals surface area contributed by atoms with Crippen molar-refractivity contribution in [2.24, 2.45) is 0 Å². The van der Waals surface area contributed by atoms with Crippen LogP contribution in [-0.4, -0.2) is 29.6 Å². The Labute approximate surface area is 170 Å². The number of hydrogen-bond donors (Lipinski definition) is 2. The molecule has 0 saturated carbocycles. The third-order valence-electron chi connectivity index (χ3n) is 4.01. The summed E-state index contributed by atoms with van der Waals surface area (Å²) in [6, 6.07) is 16.1. The van der Waals surface area contributed by atoms with Crippen LogP contribution in [0.15, 0.2) is 71.9 Å². The molecule has 8 heteroatoms. The smallest absolute Gasteiger partial charge is 0.254 e. The highest BCUT2D eigenvalue weighted by atomic mass is 32.2. The summed E-state index contributed by atoms with van der Waals surface area (Å²) in [4.78, 5) is 12.7. The van der Waals surface area contributed by atoms with E-state index in [9.17, 15) is 13.2 Å². The fourth-order valence-corrected chi connectivity index (χ4v) is 4.47. The van der Waals surface area contributed by atoms with Crippen molar-refractivity contribution in [1.29, 1.82) is 0 Å². The highest BCUT2D eigenvalue weighted by Crippen LogP contribution is 2.18. The predicted molar refractivity (Wildman–Crippen MR) is 111 cm³/mol. The first-order valence-corrected chi connectivity index (χ1v) is 10.6. The Balaban J connectivity index is 1.74. The van der Waals surface area contributed by atoms with E-state index in [1.807, 2.05) is 30.3 Å². The number of sulfonamides is 1.